The Labute approximate surface area is 76.2 Å². The van der Waals surface area contributed by atoms with Gasteiger partial charge in [0.25, 0.3) is 11.4 Å². The molecule has 0 spiro atoms. The van der Waals surface area contributed by atoms with E-state index >= 15 is 0 Å². The SMILES string of the molecule is C=O.O=S(O)O.OO.[NaH]. The molecule has 0 fully saturated rings. The molecule has 8 heteroatoms. The Morgan fingerprint density at radius 3 is 1.11 bits per heavy atom. The molecule has 0 unspecified atom stereocenters. The Balaban J connectivity index is -0.0000000221. The molecule has 0 atom stereocenters. The van der Waals surface area contributed by atoms with Crippen molar-refractivity contribution in [1.82, 2.24) is 0 Å². The fourth-order valence-corrected chi connectivity index (χ4v) is 0. The van der Waals surface area contributed by atoms with Crippen LogP contribution in [0.4, 0.5) is 0 Å². The molecule has 0 aliphatic heterocycles. The van der Waals surface area contributed by atoms with Crippen LogP contribution in [0.25, 0.3) is 0 Å². The van der Waals surface area contributed by atoms with Gasteiger partial charge >= 0.3 is 29.6 Å². The van der Waals surface area contributed by atoms with Crippen LogP contribution in [-0.4, -0.2) is 60.2 Å². The molecule has 0 rings (SSSR count). The van der Waals surface area contributed by atoms with Crippen molar-refractivity contribution in [2.45, 2.75) is 0 Å². The molecule has 4 N–H and O–H groups in total. The van der Waals surface area contributed by atoms with E-state index in [-0.39, 0.29) is 29.6 Å². The first kappa shape index (κ1) is 22.6. The molecule has 0 heterocycles. The fourth-order valence-electron chi connectivity index (χ4n) is 0. The molecule has 0 aliphatic rings. The van der Waals surface area contributed by atoms with Crippen LogP contribution in [0.5, 0.6) is 0 Å². The van der Waals surface area contributed by atoms with E-state index in [1.54, 1.807) is 0 Å². The summed E-state index contributed by atoms with van der Waals surface area (Å²) in [4.78, 5) is 8.00. The minimum atomic E-state index is -2.61. The molecule has 0 amide bonds. The van der Waals surface area contributed by atoms with Crippen molar-refractivity contribution in [2.75, 3.05) is 0 Å². The summed E-state index contributed by atoms with van der Waals surface area (Å²) in [5.74, 6) is 0. The number of hydrogen-bond donors (Lipinski definition) is 4. The van der Waals surface area contributed by atoms with Crippen molar-refractivity contribution < 1.29 is 28.6 Å². The summed E-state index contributed by atoms with van der Waals surface area (Å²) in [6.07, 6.45) is 0. The second-order valence-corrected chi connectivity index (χ2v) is 0.692. The molecule has 54 valence electrons. The van der Waals surface area contributed by atoms with E-state index in [1.165, 1.54) is 0 Å². The second-order valence-electron chi connectivity index (χ2n) is 0.231. The second kappa shape index (κ2) is 37.9. The fraction of sp³-hybridized carbons (Fsp3) is 0. The van der Waals surface area contributed by atoms with Crippen LogP contribution in [0.3, 0.4) is 0 Å². The van der Waals surface area contributed by atoms with Gasteiger partial charge in [-0.3, -0.25) is 19.6 Å². The van der Waals surface area contributed by atoms with Crippen LogP contribution in [0.1, 0.15) is 0 Å². The molecule has 0 aromatic rings. The van der Waals surface area contributed by atoms with Crippen molar-refractivity contribution in [3.05, 3.63) is 0 Å². The van der Waals surface area contributed by atoms with Gasteiger partial charge < -0.3 is 4.79 Å². The maximum atomic E-state index is 8.67. The van der Waals surface area contributed by atoms with E-state index in [0.717, 1.165) is 0 Å². The molecule has 9 heavy (non-hydrogen) atoms. The number of hydrogen-bond acceptors (Lipinski definition) is 4. The van der Waals surface area contributed by atoms with Crippen molar-refractivity contribution in [1.29, 1.82) is 0 Å². The summed E-state index contributed by atoms with van der Waals surface area (Å²) in [5, 5.41) is 12.0. The summed E-state index contributed by atoms with van der Waals surface area (Å²) < 4.78 is 22.8. The Morgan fingerprint density at radius 2 is 1.11 bits per heavy atom. The Morgan fingerprint density at radius 1 is 1.11 bits per heavy atom. The van der Waals surface area contributed by atoms with Gasteiger partial charge in [-0.15, -0.1) is 0 Å². The first-order valence-electron chi connectivity index (χ1n) is 1.02. The van der Waals surface area contributed by atoms with Crippen LogP contribution in [0, 0.1) is 0 Å². The molecule has 0 radical (unpaired) electrons. The maximum absolute atomic E-state index is 8.67. The van der Waals surface area contributed by atoms with E-state index in [0.29, 0.717) is 0 Å². The third-order valence-electron chi connectivity index (χ3n) is 0. The Kier molecular flexibility index (Phi) is 95.3. The van der Waals surface area contributed by atoms with Crippen molar-refractivity contribution in [3.8, 4) is 0 Å². The summed E-state index contributed by atoms with van der Waals surface area (Å²) in [7, 11) is 0. The van der Waals surface area contributed by atoms with Crippen molar-refractivity contribution in [3.63, 3.8) is 0 Å². The van der Waals surface area contributed by atoms with Crippen LogP contribution in [0.15, 0.2) is 0 Å². The van der Waals surface area contributed by atoms with Crippen LogP contribution < -0.4 is 0 Å². The van der Waals surface area contributed by atoms with E-state index in [2.05, 4.69) is 0 Å². The van der Waals surface area contributed by atoms with Gasteiger partial charge in [0, 0.05) is 0 Å². The van der Waals surface area contributed by atoms with Gasteiger partial charge in [-0.2, -0.15) is 4.21 Å². The molecule has 0 aliphatic carbocycles. The molecular formula is CH7NaO6S. The van der Waals surface area contributed by atoms with Gasteiger partial charge in [0.05, 0.1) is 0 Å². The Hall–Kier alpha value is 0.660. The summed E-state index contributed by atoms with van der Waals surface area (Å²) >= 11 is -2.61. The summed E-state index contributed by atoms with van der Waals surface area (Å²) in [5.41, 5.74) is 0. The zero-order chi connectivity index (χ0) is 7.58. The van der Waals surface area contributed by atoms with Gasteiger partial charge in [-0.25, -0.2) is 0 Å². The standard InChI is InChI=1S/CH2O.Na.H2O3S.H2O2.H/c1-2;;1-4(2)3;1-2;/h1H2;;(H2,1,2,3);1-2H;. The van der Waals surface area contributed by atoms with Crippen molar-refractivity contribution in [2.24, 2.45) is 0 Å². The first-order chi connectivity index (χ1) is 3.73. The molecule has 0 saturated heterocycles. The van der Waals surface area contributed by atoms with E-state index < -0.39 is 11.4 Å². The number of carbonyl (C=O) groups excluding carboxylic acids is 1. The zero-order valence-corrected chi connectivity index (χ0v) is 4.54. The van der Waals surface area contributed by atoms with Crippen molar-refractivity contribution >= 4 is 47.7 Å². The van der Waals surface area contributed by atoms with E-state index in [1.807, 2.05) is 6.79 Å². The van der Waals surface area contributed by atoms with Crippen LogP contribution >= 0.6 is 0 Å². The van der Waals surface area contributed by atoms with Gasteiger partial charge in [0.15, 0.2) is 0 Å². The summed E-state index contributed by atoms with van der Waals surface area (Å²) in [6, 6.07) is 0. The molecule has 0 bridgehead atoms. The molecule has 0 saturated carbocycles. The first-order valence-corrected chi connectivity index (χ1v) is 2.08. The molecular weight excluding hydrogens is 163 g/mol. The van der Waals surface area contributed by atoms with E-state index in [9.17, 15) is 0 Å². The van der Waals surface area contributed by atoms with Gasteiger partial charge in [-0.05, 0) is 0 Å². The van der Waals surface area contributed by atoms with Gasteiger partial charge in [-0.1, -0.05) is 0 Å². The average Bonchev–Trinajstić information content (AvgIpc) is 1.75. The molecule has 6 nitrogen and oxygen atoms in total. The van der Waals surface area contributed by atoms with Crippen LogP contribution in [-0.2, 0) is 16.2 Å². The summed E-state index contributed by atoms with van der Waals surface area (Å²) in [6.45, 7) is 2.00. The zero-order valence-electron chi connectivity index (χ0n) is 3.72. The predicted octanol–water partition coefficient (Wildman–Crippen LogP) is -1.13. The van der Waals surface area contributed by atoms with Gasteiger partial charge in [0.1, 0.15) is 6.79 Å². The van der Waals surface area contributed by atoms with Crippen LogP contribution in [0.2, 0.25) is 0 Å². The van der Waals surface area contributed by atoms with Gasteiger partial charge in [0.2, 0.25) is 0 Å². The van der Waals surface area contributed by atoms with E-state index in [4.69, 9.17) is 28.6 Å². The third-order valence-corrected chi connectivity index (χ3v) is 0. The predicted molar refractivity (Wildman–Crippen MR) is 32.9 cm³/mol. The third kappa shape index (κ3) is 882. The Bertz CT molecular complexity index is 44.3. The topological polar surface area (TPSA) is 115 Å². The average molecular weight is 170 g/mol. The number of carbonyl (C=O) groups is 1. The number of rotatable bonds is 0. The minimum absolute atomic E-state index is 0. The quantitative estimate of drug-likeness (QED) is 0.158. The molecule has 0 aromatic carbocycles. The normalized spacial score (nSPS) is 5.00. The molecule has 0 aromatic heterocycles. The monoisotopic (exact) mass is 170 g/mol.